The number of methoxy groups -OCH3 is 2. The summed E-state index contributed by atoms with van der Waals surface area (Å²) in [6.07, 6.45) is -1.72. The van der Waals surface area contributed by atoms with Crippen molar-refractivity contribution in [1.82, 2.24) is 4.31 Å². The maximum Gasteiger partial charge on any atom is 0.509 e. The predicted molar refractivity (Wildman–Crippen MR) is 76.1 cm³/mol. The zero-order valence-corrected chi connectivity index (χ0v) is 14.2. The van der Waals surface area contributed by atoms with Gasteiger partial charge in [-0.15, -0.1) is 0 Å². The highest BCUT2D eigenvalue weighted by Crippen LogP contribution is 2.44. The third-order valence-electron chi connectivity index (χ3n) is 2.20. The molecule has 1 unspecified atom stereocenters. The fraction of sp³-hybridized carbons (Fsp3) is 0.556. The number of hydrogen-bond acceptors (Lipinski definition) is 9. The van der Waals surface area contributed by atoms with Crippen LogP contribution in [0.5, 0.6) is 0 Å². The van der Waals surface area contributed by atoms with Crippen LogP contribution in [-0.4, -0.2) is 56.5 Å². The quantitative estimate of drug-likeness (QED) is 0.309. The number of sulfone groups is 1. The first-order valence-corrected chi connectivity index (χ1v) is 8.68. The summed E-state index contributed by atoms with van der Waals surface area (Å²) in [5.74, 6) is -0.992. The molecule has 0 radical (unpaired) electrons. The molecule has 1 aliphatic heterocycles. The lowest BCUT2D eigenvalue weighted by molar-refractivity contribution is -0.138. The summed E-state index contributed by atoms with van der Waals surface area (Å²) in [5, 5.41) is 0. The topological polar surface area (TPSA) is 99.2 Å². The van der Waals surface area contributed by atoms with E-state index >= 15 is 0 Å². The fourth-order valence-corrected chi connectivity index (χ4v) is 4.00. The van der Waals surface area contributed by atoms with E-state index in [1.807, 2.05) is 0 Å². The average molecular weight is 380 g/mol. The molecule has 0 bridgehead atoms. The van der Waals surface area contributed by atoms with E-state index in [9.17, 15) is 18.0 Å². The summed E-state index contributed by atoms with van der Waals surface area (Å²) in [7, 11) is -1.70. The largest absolute Gasteiger partial charge is 0.509 e. The van der Waals surface area contributed by atoms with E-state index in [-0.39, 0.29) is 4.24 Å². The van der Waals surface area contributed by atoms with Gasteiger partial charge in [-0.25, -0.2) is 18.0 Å². The van der Waals surface area contributed by atoms with Crippen molar-refractivity contribution < 1.29 is 32.2 Å². The van der Waals surface area contributed by atoms with E-state index in [0.29, 0.717) is 11.9 Å². The second-order valence-electron chi connectivity index (χ2n) is 3.62. The number of hydrogen-bond donors (Lipinski definition) is 0. The first-order valence-electron chi connectivity index (χ1n) is 5.15. The SMILES string of the molecule is COC(=O)OC1C(C(=O)OC)=C(S(C)(=O)=O)SN1C(Cl)Cl. The Balaban J connectivity index is 3.37. The van der Waals surface area contributed by atoms with Crippen LogP contribution in [0.25, 0.3) is 0 Å². The number of carbonyl (C=O) groups is 2. The minimum Gasteiger partial charge on any atom is -0.465 e. The maximum absolute atomic E-state index is 11.8. The number of halogens is 2. The van der Waals surface area contributed by atoms with E-state index < -0.39 is 38.7 Å². The molecule has 0 amide bonds. The molecule has 0 aliphatic carbocycles. The molecule has 0 saturated carbocycles. The van der Waals surface area contributed by atoms with Gasteiger partial charge in [0.25, 0.3) is 0 Å². The summed E-state index contributed by atoms with van der Waals surface area (Å²) in [4.78, 5) is 21.8. The minimum absolute atomic E-state index is 0.366. The van der Waals surface area contributed by atoms with E-state index in [4.69, 9.17) is 27.9 Å². The Bertz CT molecular complexity index is 575. The van der Waals surface area contributed by atoms with Crippen molar-refractivity contribution >= 4 is 57.1 Å². The van der Waals surface area contributed by atoms with Gasteiger partial charge in [-0.3, -0.25) is 0 Å². The van der Waals surface area contributed by atoms with Crippen molar-refractivity contribution in [2.24, 2.45) is 0 Å². The maximum atomic E-state index is 11.8. The molecule has 1 aliphatic rings. The number of ether oxygens (including phenoxy) is 3. The number of carbonyl (C=O) groups excluding carboxylic acids is 2. The van der Waals surface area contributed by atoms with Gasteiger partial charge >= 0.3 is 12.1 Å². The van der Waals surface area contributed by atoms with Gasteiger partial charge in [-0.05, 0) is 11.9 Å². The van der Waals surface area contributed by atoms with Gasteiger partial charge in [-0.2, -0.15) is 4.31 Å². The zero-order valence-electron chi connectivity index (χ0n) is 11.0. The standard InChI is InChI=1S/C9H11Cl2NO7S2/c1-17-6(13)4-5(19-9(14)18-2)12(8(10)11)20-7(4)21(3,15)16/h5,8H,1-3H3. The number of esters is 1. The summed E-state index contributed by atoms with van der Waals surface area (Å²) < 4.78 is 37.8. The Hall–Kier alpha value is -0.680. The van der Waals surface area contributed by atoms with Crippen molar-refractivity contribution in [3.05, 3.63) is 9.81 Å². The third kappa shape index (κ3) is 4.16. The summed E-state index contributed by atoms with van der Waals surface area (Å²) >= 11 is 12.0. The van der Waals surface area contributed by atoms with Gasteiger partial charge < -0.3 is 14.2 Å². The van der Waals surface area contributed by atoms with Gasteiger partial charge in [0.05, 0.1) is 14.2 Å². The molecule has 0 aromatic rings. The van der Waals surface area contributed by atoms with Gasteiger partial charge in [0.2, 0.25) is 6.23 Å². The molecule has 0 saturated heterocycles. The van der Waals surface area contributed by atoms with E-state index in [2.05, 4.69) is 9.47 Å². The molecule has 0 spiro atoms. The predicted octanol–water partition coefficient (Wildman–Crippen LogP) is 1.25. The van der Waals surface area contributed by atoms with Crippen LogP contribution in [0, 0.1) is 0 Å². The second kappa shape index (κ2) is 7.05. The van der Waals surface area contributed by atoms with Gasteiger partial charge in [0.1, 0.15) is 9.81 Å². The molecule has 1 atom stereocenters. The molecule has 0 fully saturated rings. The van der Waals surface area contributed by atoms with Crippen LogP contribution in [0.3, 0.4) is 0 Å². The normalized spacial score (nSPS) is 19.8. The van der Waals surface area contributed by atoms with E-state index in [1.165, 1.54) is 0 Å². The first kappa shape index (κ1) is 18.4. The first-order chi connectivity index (χ1) is 9.63. The molecule has 1 heterocycles. The van der Waals surface area contributed by atoms with Crippen LogP contribution < -0.4 is 0 Å². The lowest BCUT2D eigenvalue weighted by Crippen LogP contribution is -2.37. The van der Waals surface area contributed by atoms with Gasteiger partial charge in [-0.1, -0.05) is 23.2 Å². The van der Waals surface area contributed by atoms with Crippen LogP contribution in [0.15, 0.2) is 9.81 Å². The van der Waals surface area contributed by atoms with Crippen LogP contribution >= 0.6 is 35.1 Å². The third-order valence-corrected chi connectivity index (χ3v) is 5.87. The van der Waals surface area contributed by atoms with Crippen LogP contribution in [0.1, 0.15) is 0 Å². The lowest BCUT2D eigenvalue weighted by Gasteiger charge is -2.24. The summed E-state index contributed by atoms with van der Waals surface area (Å²) in [6.45, 7) is 0. The average Bonchev–Trinajstić information content (AvgIpc) is 2.77. The van der Waals surface area contributed by atoms with Crippen LogP contribution in [-0.2, 0) is 28.8 Å². The second-order valence-corrected chi connectivity index (χ2v) is 7.89. The van der Waals surface area contributed by atoms with Crippen molar-refractivity contribution in [3.8, 4) is 0 Å². The highest BCUT2D eigenvalue weighted by Gasteiger charge is 2.47. The molecule has 0 aromatic heterocycles. The monoisotopic (exact) mass is 379 g/mol. The summed E-state index contributed by atoms with van der Waals surface area (Å²) in [6, 6.07) is 0. The number of alkyl halides is 2. The Labute approximate surface area is 135 Å². The van der Waals surface area contributed by atoms with E-state index in [1.54, 1.807) is 0 Å². The smallest absolute Gasteiger partial charge is 0.465 e. The van der Waals surface area contributed by atoms with Crippen molar-refractivity contribution in [3.63, 3.8) is 0 Å². The molecule has 1 rings (SSSR count). The molecular weight excluding hydrogens is 369 g/mol. The Morgan fingerprint density at radius 2 is 1.86 bits per heavy atom. The highest BCUT2D eigenvalue weighted by molar-refractivity contribution is 8.17. The number of rotatable bonds is 4. The zero-order chi connectivity index (χ0) is 16.4. The molecule has 0 aromatic carbocycles. The Kier molecular flexibility index (Phi) is 6.17. The molecular formula is C9H11Cl2NO7S2. The van der Waals surface area contributed by atoms with Crippen molar-refractivity contribution in [2.45, 2.75) is 11.2 Å². The fourth-order valence-electron chi connectivity index (χ4n) is 1.37. The minimum atomic E-state index is -3.80. The van der Waals surface area contributed by atoms with Gasteiger partial charge in [0.15, 0.2) is 14.8 Å². The van der Waals surface area contributed by atoms with Crippen molar-refractivity contribution in [1.29, 1.82) is 0 Å². The highest BCUT2D eigenvalue weighted by atomic mass is 35.5. The van der Waals surface area contributed by atoms with Crippen molar-refractivity contribution in [2.75, 3.05) is 20.5 Å². The molecule has 8 nitrogen and oxygen atoms in total. The number of nitrogens with zero attached hydrogens (tertiary/aromatic N) is 1. The molecule has 120 valence electrons. The van der Waals surface area contributed by atoms with Crippen LogP contribution in [0.4, 0.5) is 4.79 Å². The Morgan fingerprint density at radius 3 is 2.24 bits per heavy atom. The summed E-state index contributed by atoms with van der Waals surface area (Å²) in [5.41, 5.74) is -0.401. The van der Waals surface area contributed by atoms with Crippen LogP contribution in [0.2, 0.25) is 0 Å². The Morgan fingerprint density at radius 1 is 1.29 bits per heavy atom. The molecule has 21 heavy (non-hydrogen) atoms. The lowest BCUT2D eigenvalue weighted by atomic mass is 10.2. The van der Waals surface area contributed by atoms with Gasteiger partial charge in [0, 0.05) is 6.26 Å². The van der Waals surface area contributed by atoms with E-state index in [0.717, 1.165) is 24.8 Å². The molecule has 12 heteroatoms. The molecule has 0 N–H and O–H groups in total.